The van der Waals surface area contributed by atoms with E-state index in [1.807, 2.05) is 0 Å². The molecule has 3 N–H and O–H groups in total. The molecule has 0 aromatic heterocycles. The summed E-state index contributed by atoms with van der Waals surface area (Å²) >= 11 is 0. The van der Waals surface area contributed by atoms with Gasteiger partial charge >= 0.3 is 12.6 Å². The van der Waals surface area contributed by atoms with Crippen LogP contribution in [0.5, 0.6) is 0 Å². The lowest BCUT2D eigenvalue weighted by molar-refractivity contribution is -0.123. The molecule has 10 heavy (non-hydrogen) atoms. The second-order valence-electron chi connectivity index (χ2n) is 1.42. The summed E-state index contributed by atoms with van der Waals surface area (Å²) in [6, 6.07) is 0. The zero-order valence-electron chi connectivity index (χ0n) is 5.33. The van der Waals surface area contributed by atoms with Gasteiger partial charge in [-0.2, -0.15) is 0 Å². The molecular formula is C4H7N3O3. The van der Waals surface area contributed by atoms with Crippen LogP contribution in [0.2, 0.25) is 0 Å². The van der Waals surface area contributed by atoms with Gasteiger partial charge in [0.1, 0.15) is 0 Å². The quantitative estimate of drug-likeness (QED) is 0.216. The van der Waals surface area contributed by atoms with Crippen molar-refractivity contribution >= 4 is 18.5 Å². The second-order valence-corrected chi connectivity index (χ2v) is 1.42. The minimum atomic E-state index is -0.970. The van der Waals surface area contributed by atoms with Crippen molar-refractivity contribution in [1.29, 1.82) is 5.41 Å². The molecule has 1 amide bonds. The van der Waals surface area contributed by atoms with Crippen molar-refractivity contribution < 1.29 is 14.3 Å². The van der Waals surface area contributed by atoms with E-state index < -0.39 is 12.1 Å². The van der Waals surface area contributed by atoms with Gasteiger partial charge in [-0.25, -0.2) is 4.79 Å². The van der Waals surface area contributed by atoms with Crippen LogP contribution in [0.4, 0.5) is 4.79 Å². The number of rotatable bonds is 1. The average Bonchev–Trinajstić information content (AvgIpc) is 1.87. The smallest absolute Gasteiger partial charge is 0.378 e. The van der Waals surface area contributed by atoms with Crippen LogP contribution >= 0.6 is 0 Å². The summed E-state index contributed by atoms with van der Waals surface area (Å²) in [6.45, 7) is -0.0260. The van der Waals surface area contributed by atoms with E-state index in [0.29, 0.717) is 4.90 Å². The summed E-state index contributed by atoms with van der Waals surface area (Å²) in [4.78, 5) is 20.7. The molecule has 0 saturated heterocycles. The lowest BCUT2D eigenvalue weighted by Crippen LogP contribution is -2.38. The van der Waals surface area contributed by atoms with E-state index in [-0.39, 0.29) is 6.47 Å². The lowest BCUT2D eigenvalue weighted by atomic mass is 10.8. The SMILES string of the molecule is CN(C(=N)N)C(=O)OC=O. The van der Waals surface area contributed by atoms with Crippen molar-refractivity contribution in [3.63, 3.8) is 0 Å². The van der Waals surface area contributed by atoms with Crippen LogP contribution in [0.15, 0.2) is 0 Å². The molecule has 0 aliphatic rings. The Balaban J connectivity index is 3.94. The highest BCUT2D eigenvalue weighted by Gasteiger charge is 2.10. The molecule has 6 nitrogen and oxygen atoms in total. The highest BCUT2D eigenvalue weighted by Crippen LogP contribution is 1.84. The fourth-order valence-electron chi connectivity index (χ4n) is 0.219. The fourth-order valence-corrected chi connectivity index (χ4v) is 0.219. The minimum Gasteiger partial charge on any atom is -0.378 e. The number of carbonyl (C=O) groups excluding carboxylic acids is 2. The van der Waals surface area contributed by atoms with Crippen molar-refractivity contribution in [2.24, 2.45) is 5.73 Å². The molecule has 0 rings (SSSR count). The number of ether oxygens (including phenoxy) is 1. The number of nitrogens with zero attached hydrogens (tertiary/aromatic N) is 1. The Labute approximate surface area is 57.1 Å². The normalized spacial score (nSPS) is 8.10. The molecule has 0 aromatic carbocycles. The van der Waals surface area contributed by atoms with Crippen molar-refractivity contribution in [2.45, 2.75) is 0 Å². The first kappa shape index (κ1) is 8.41. The van der Waals surface area contributed by atoms with Gasteiger partial charge in [-0.3, -0.25) is 15.1 Å². The zero-order valence-corrected chi connectivity index (χ0v) is 5.33. The molecule has 6 heteroatoms. The number of amides is 1. The van der Waals surface area contributed by atoms with E-state index in [4.69, 9.17) is 11.1 Å². The fraction of sp³-hybridized carbons (Fsp3) is 0.250. The third-order valence-corrected chi connectivity index (χ3v) is 0.784. The molecule has 0 bridgehead atoms. The number of carbonyl (C=O) groups is 2. The van der Waals surface area contributed by atoms with Crippen LogP contribution in [-0.2, 0) is 9.53 Å². The Hall–Kier alpha value is -1.59. The van der Waals surface area contributed by atoms with E-state index in [1.54, 1.807) is 0 Å². The Bertz CT molecular complexity index is 167. The van der Waals surface area contributed by atoms with Gasteiger partial charge < -0.3 is 10.5 Å². The Morgan fingerprint density at radius 1 is 1.80 bits per heavy atom. The van der Waals surface area contributed by atoms with E-state index >= 15 is 0 Å². The summed E-state index contributed by atoms with van der Waals surface area (Å²) in [5.74, 6) is -0.480. The molecule has 0 saturated carbocycles. The van der Waals surface area contributed by atoms with Crippen molar-refractivity contribution in [2.75, 3.05) is 7.05 Å². The predicted molar refractivity (Wildman–Crippen MR) is 32.2 cm³/mol. The van der Waals surface area contributed by atoms with E-state index in [1.165, 1.54) is 7.05 Å². The van der Waals surface area contributed by atoms with E-state index in [0.717, 1.165) is 0 Å². The number of nitrogens with one attached hydrogen (secondary N) is 1. The van der Waals surface area contributed by atoms with Gasteiger partial charge in [-0.1, -0.05) is 0 Å². The first-order chi connectivity index (χ1) is 4.59. The molecule has 56 valence electrons. The van der Waals surface area contributed by atoms with Gasteiger partial charge in [0, 0.05) is 7.05 Å². The summed E-state index contributed by atoms with van der Waals surface area (Å²) in [6.07, 6.45) is -0.970. The molecule has 0 unspecified atom stereocenters. The Kier molecular flexibility index (Phi) is 2.89. The summed E-state index contributed by atoms with van der Waals surface area (Å²) in [5.41, 5.74) is 4.86. The van der Waals surface area contributed by atoms with Crippen LogP contribution in [0.1, 0.15) is 0 Å². The molecule has 0 fully saturated rings. The van der Waals surface area contributed by atoms with Crippen LogP contribution in [0.3, 0.4) is 0 Å². The molecular weight excluding hydrogens is 138 g/mol. The van der Waals surface area contributed by atoms with Crippen LogP contribution in [0.25, 0.3) is 0 Å². The van der Waals surface area contributed by atoms with Crippen LogP contribution < -0.4 is 5.73 Å². The van der Waals surface area contributed by atoms with Gasteiger partial charge in [0.05, 0.1) is 0 Å². The van der Waals surface area contributed by atoms with Crippen molar-refractivity contribution in [3.05, 3.63) is 0 Å². The maximum absolute atomic E-state index is 10.4. The van der Waals surface area contributed by atoms with Gasteiger partial charge in [0.2, 0.25) is 0 Å². The van der Waals surface area contributed by atoms with Crippen molar-refractivity contribution in [3.8, 4) is 0 Å². The molecule has 0 aliphatic heterocycles. The standard InChI is InChI=1S/C4H7N3O3/c1-7(3(5)6)4(9)10-2-8/h2H,1H3,(H3,5,6). The van der Waals surface area contributed by atoms with Gasteiger partial charge in [0.25, 0.3) is 0 Å². The summed E-state index contributed by atoms with van der Waals surface area (Å²) in [7, 11) is 1.22. The average molecular weight is 145 g/mol. The highest BCUT2D eigenvalue weighted by atomic mass is 16.6. The van der Waals surface area contributed by atoms with E-state index in [2.05, 4.69) is 4.74 Å². The molecule has 0 heterocycles. The molecule has 0 aromatic rings. The topological polar surface area (TPSA) is 96.5 Å². The summed E-state index contributed by atoms with van der Waals surface area (Å²) < 4.78 is 3.85. The number of nitrogens with two attached hydrogens (primary N) is 1. The van der Waals surface area contributed by atoms with E-state index in [9.17, 15) is 9.59 Å². The third kappa shape index (κ3) is 2.12. The minimum absolute atomic E-state index is 0.0260. The third-order valence-electron chi connectivity index (χ3n) is 0.784. The lowest BCUT2D eigenvalue weighted by Gasteiger charge is -2.10. The second kappa shape index (κ2) is 3.44. The van der Waals surface area contributed by atoms with Crippen molar-refractivity contribution in [1.82, 2.24) is 4.90 Å². The maximum atomic E-state index is 10.4. The summed E-state index contributed by atoms with van der Waals surface area (Å²) in [5, 5.41) is 6.70. The first-order valence-corrected chi connectivity index (χ1v) is 2.31. The largest absolute Gasteiger partial charge is 0.423 e. The highest BCUT2D eigenvalue weighted by molar-refractivity contribution is 5.92. The zero-order chi connectivity index (χ0) is 8.15. The van der Waals surface area contributed by atoms with Gasteiger partial charge in [-0.05, 0) is 0 Å². The number of hydrogen-bond donors (Lipinski definition) is 2. The molecule has 0 radical (unpaired) electrons. The first-order valence-electron chi connectivity index (χ1n) is 2.31. The predicted octanol–water partition coefficient (Wildman–Crippen LogP) is -0.895. The maximum Gasteiger partial charge on any atom is 0.423 e. The monoisotopic (exact) mass is 145 g/mol. The Morgan fingerprint density at radius 2 is 2.30 bits per heavy atom. The molecule has 0 aliphatic carbocycles. The Morgan fingerprint density at radius 3 is 2.60 bits per heavy atom. The molecule has 0 spiro atoms. The van der Waals surface area contributed by atoms with Crippen LogP contribution in [0, 0.1) is 5.41 Å². The van der Waals surface area contributed by atoms with Crippen LogP contribution in [-0.4, -0.2) is 30.5 Å². The van der Waals surface area contributed by atoms with Gasteiger partial charge in [0.15, 0.2) is 5.96 Å². The molecule has 0 atom stereocenters. The number of guanidine groups is 1. The van der Waals surface area contributed by atoms with Gasteiger partial charge in [-0.15, -0.1) is 0 Å². The number of hydrogen-bond acceptors (Lipinski definition) is 4.